The molecule has 0 fully saturated rings. The normalized spacial score (nSPS) is 10.0. The Kier molecular flexibility index (Phi) is 6.71. The number of methoxy groups -OCH3 is 2. The average molecular weight is 368 g/mol. The standard InChI is InChI=1S/C19H20N4O2S/c1-4-5-8-26-19-14(11-21)17(13(10-20)18(22)23-19)12-6-7-15(24-2)16(9-12)25-3/h6-7,9H,4-5,8H2,1-3H3,(H2,22,23). The summed E-state index contributed by atoms with van der Waals surface area (Å²) in [5.74, 6) is 2.02. The molecule has 2 aromatic rings. The molecule has 0 saturated carbocycles. The van der Waals surface area contributed by atoms with Crippen LogP contribution >= 0.6 is 11.8 Å². The number of benzene rings is 1. The smallest absolute Gasteiger partial charge is 0.161 e. The molecule has 0 aliphatic rings. The SMILES string of the molecule is CCCCSc1nc(N)c(C#N)c(-c2ccc(OC)c(OC)c2)c1C#N. The van der Waals surface area contributed by atoms with Crippen LogP contribution in [0.3, 0.4) is 0 Å². The van der Waals surface area contributed by atoms with Gasteiger partial charge in [0.05, 0.1) is 19.8 Å². The second-order valence-corrected chi connectivity index (χ2v) is 6.51. The maximum atomic E-state index is 9.75. The van der Waals surface area contributed by atoms with Crippen LogP contribution in [0.25, 0.3) is 11.1 Å². The highest BCUT2D eigenvalue weighted by Gasteiger charge is 2.21. The minimum atomic E-state index is 0.121. The largest absolute Gasteiger partial charge is 0.493 e. The molecular weight excluding hydrogens is 348 g/mol. The predicted octanol–water partition coefficient (Wildman–Crippen LogP) is 3.98. The first kappa shape index (κ1) is 19.4. The molecule has 6 nitrogen and oxygen atoms in total. The summed E-state index contributed by atoms with van der Waals surface area (Å²) in [5.41, 5.74) is 7.68. The fourth-order valence-electron chi connectivity index (χ4n) is 2.50. The lowest BCUT2D eigenvalue weighted by Gasteiger charge is -2.14. The monoisotopic (exact) mass is 368 g/mol. The van der Waals surface area contributed by atoms with Crippen molar-refractivity contribution >= 4 is 17.6 Å². The van der Waals surface area contributed by atoms with Crippen molar-refractivity contribution in [2.75, 3.05) is 25.7 Å². The number of hydrogen-bond donors (Lipinski definition) is 1. The predicted molar refractivity (Wildman–Crippen MR) is 102 cm³/mol. The van der Waals surface area contributed by atoms with Crippen molar-refractivity contribution in [2.24, 2.45) is 0 Å². The molecule has 26 heavy (non-hydrogen) atoms. The van der Waals surface area contributed by atoms with E-state index in [-0.39, 0.29) is 11.4 Å². The van der Waals surface area contributed by atoms with E-state index in [4.69, 9.17) is 15.2 Å². The van der Waals surface area contributed by atoms with Gasteiger partial charge in [-0.2, -0.15) is 10.5 Å². The molecule has 7 heteroatoms. The highest BCUT2D eigenvalue weighted by Crippen LogP contribution is 2.39. The molecule has 0 aliphatic carbocycles. The number of pyridine rings is 1. The van der Waals surface area contributed by atoms with Gasteiger partial charge in [0.15, 0.2) is 11.5 Å². The quantitative estimate of drug-likeness (QED) is 0.582. The maximum absolute atomic E-state index is 9.75. The van der Waals surface area contributed by atoms with Gasteiger partial charge in [-0.25, -0.2) is 4.98 Å². The summed E-state index contributed by atoms with van der Waals surface area (Å²) in [6, 6.07) is 9.51. The third-order valence-corrected chi connectivity index (χ3v) is 4.89. The van der Waals surface area contributed by atoms with Crippen LogP contribution in [-0.2, 0) is 0 Å². The van der Waals surface area contributed by atoms with Crippen LogP contribution in [0.5, 0.6) is 11.5 Å². The minimum absolute atomic E-state index is 0.121. The first-order valence-electron chi connectivity index (χ1n) is 8.10. The minimum Gasteiger partial charge on any atom is -0.493 e. The zero-order chi connectivity index (χ0) is 19.1. The number of hydrogen-bond acceptors (Lipinski definition) is 7. The lowest BCUT2D eigenvalue weighted by atomic mass is 9.96. The summed E-state index contributed by atoms with van der Waals surface area (Å²) in [6.07, 6.45) is 2.05. The first-order valence-corrected chi connectivity index (χ1v) is 9.08. The molecule has 0 amide bonds. The van der Waals surface area contributed by atoms with Crippen LogP contribution in [0.15, 0.2) is 23.2 Å². The summed E-state index contributed by atoms with van der Waals surface area (Å²) in [4.78, 5) is 4.29. The molecule has 0 spiro atoms. The molecule has 134 valence electrons. The summed E-state index contributed by atoms with van der Waals surface area (Å²) < 4.78 is 10.6. The van der Waals surface area contributed by atoms with Crippen molar-refractivity contribution in [3.8, 4) is 34.8 Å². The van der Waals surface area contributed by atoms with E-state index in [1.165, 1.54) is 18.9 Å². The second-order valence-electron chi connectivity index (χ2n) is 5.42. The van der Waals surface area contributed by atoms with Crippen molar-refractivity contribution < 1.29 is 9.47 Å². The molecule has 2 rings (SSSR count). The molecule has 0 bridgehead atoms. The van der Waals surface area contributed by atoms with Crippen molar-refractivity contribution in [2.45, 2.75) is 24.8 Å². The Bertz CT molecular complexity index is 885. The van der Waals surface area contributed by atoms with E-state index in [1.54, 1.807) is 25.3 Å². The molecule has 0 atom stereocenters. The number of unbranched alkanes of at least 4 members (excludes halogenated alkanes) is 1. The van der Waals surface area contributed by atoms with E-state index in [1.807, 2.05) is 0 Å². The zero-order valence-electron chi connectivity index (χ0n) is 15.0. The van der Waals surface area contributed by atoms with Gasteiger partial charge in [0, 0.05) is 5.56 Å². The third kappa shape index (κ3) is 3.84. The second kappa shape index (κ2) is 8.98. The third-order valence-electron chi connectivity index (χ3n) is 3.82. The van der Waals surface area contributed by atoms with Crippen LogP contribution in [0.1, 0.15) is 30.9 Å². The van der Waals surface area contributed by atoms with Crippen LogP contribution in [-0.4, -0.2) is 25.0 Å². The number of nitrogens with two attached hydrogens (primary N) is 1. The number of anilines is 1. The Labute approximate surface area is 157 Å². The van der Waals surface area contributed by atoms with Gasteiger partial charge in [-0.15, -0.1) is 11.8 Å². The first-order chi connectivity index (χ1) is 12.6. The Morgan fingerprint density at radius 3 is 2.38 bits per heavy atom. The van der Waals surface area contributed by atoms with Crippen molar-refractivity contribution in [3.63, 3.8) is 0 Å². The Hall–Kier alpha value is -2.90. The summed E-state index contributed by atoms with van der Waals surface area (Å²) in [7, 11) is 3.08. The Balaban J connectivity index is 2.70. The molecule has 0 saturated heterocycles. The summed E-state index contributed by atoms with van der Waals surface area (Å²) in [6.45, 7) is 2.10. The topological polar surface area (TPSA) is 105 Å². The van der Waals surface area contributed by atoms with Crippen LogP contribution < -0.4 is 15.2 Å². The molecule has 0 radical (unpaired) electrons. The number of nitrogen functional groups attached to an aromatic ring is 1. The maximum Gasteiger partial charge on any atom is 0.161 e. The number of ether oxygens (including phenoxy) is 2. The highest BCUT2D eigenvalue weighted by molar-refractivity contribution is 7.99. The van der Waals surface area contributed by atoms with Gasteiger partial charge < -0.3 is 15.2 Å². The van der Waals surface area contributed by atoms with Gasteiger partial charge in [0.25, 0.3) is 0 Å². The number of nitriles is 2. The summed E-state index contributed by atoms with van der Waals surface area (Å²) in [5, 5.41) is 19.9. The van der Waals surface area contributed by atoms with Crippen molar-refractivity contribution in [3.05, 3.63) is 29.3 Å². The molecule has 1 aromatic carbocycles. The van der Waals surface area contributed by atoms with Crippen molar-refractivity contribution in [1.29, 1.82) is 10.5 Å². The lowest BCUT2D eigenvalue weighted by molar-refractivity contribution is 0.355. The van der Waals surface area contributed by atoms with Crippen LogP contribution in [0.2, 0.25) is 0 Å². The van der Waals surface area contributed by atoms with Gasteiger partial charge in [0.1, 0.15) is 28.5 Å². The van der Waals surface area contributed by atoms with Gasteiger partial charge in [-0.3, -0.25) is 0 Å². The van der Waals surface area contributed by atoms with Crippen LogP contribution in [0.4, 0.5) is 5.82 Å². The van der Waals surface area contributed by atoms with E-state index in [0.717, 1.165) is 18.6 Å². The van der Waals surface area contributed by atoms with E-state index in [0.29, 0.717) is 33.2 Å². The number of thioether (sulfide) groups is 1. The average Bonchev–Trinajstić information content (AvgIpc) is 2.67. The highest BCUT2D eigenvalue weighted by atomic mass is 32.2. The van der Waals surface area contributed by atoms with E-state index in [9.17, 15) is 10.5 Å². The molecule has 1 heterocycles. The number of rotatable bonds is 7. The van der Waals surface area contributed by atoms with Crippen molar-refractivity contribution in [1.82, 2.24) is 4.98 Å². The Morgan fingerprint density at radius 2 is 1.81 bits per heavy atom. The zero-order valence-corrected chi connectivity index (χ0v) is 15.8. The molecule has 1 aromatic heterocycles. The van der Waals surface area contributed by atoms with Gasteiger partial charge in [-0.1, -0.05) is 19.4 Å². The molecule has 0 aliphatic heterocycles. The molecule has 2 N–H and O–H groups in total. The van der Waals surface area contributed by atoms with Gasteiger partial charge >= 0.3 is 0 Å². The van der Waals surface area contributed by atoms with E-state index in [2.05, 4.69) is 24.0 Å². The molecule has 0 unspecified atom stereocenters. The fourth-order valence-corrected chi connectivity index (χ4v) is 3.58. The summed E-state index contributed by atoms with van der Waals surface area (Å²) >= 11 is 1.48. The molecular formula is C19H20N4O2S. The number of nitrogens with zero attached hydrogens (tertiary/aromatic N) is 3. The van der Waals surface area contributed by atoms with Crippen LogP contribution in [0, 0.1) is 22.7 Å². The van der Waals surface area contributed by atoms with Gasteiger partial charge in [0.2, 0.25) is 0 Å². The van der Waals surface area contributed by atoms with E-state index >= 15 is 0 Å². The van der Waals surface area contributed by atoms with E-state index < -0.39 is 0 Å². The Morgan fingerprint density at radius 1 is 1.12 bits per heavy atom. The van der Waals surface area contributed by atoms with Gasteiger partial charge in [-0.05, 0) is 29.9 Å². The number of aromatic nitrogens is 1. The fraction of sp³-hybridized carbons (Fsp3) is 0.316. The lowest BCUT2D eigenvalue weighted by Crippen LogP contribution is -2.04.